The minimum Gasteiger partial charge on any atom is -0.288 e. The fraction of sp³-hybridized carbons (Fsp3) is 0. The lowest BCUT2D eigenvalue weighted by Crippen LogP contribution is -2.06. The summed E-state index contributed by atoms with van der Waals surface area (Å²) < 4.78 is 28.3. The molecular weight excluding hydrogens is 370 g/mol. The number of carbonyl (C=O) groups excluding carboxylic acids is 1. The van der Waals surface area contributed by atoms with Gasteiger partial charge in [-0.15, -0.1) is 0 Å². The van der Waals surface area contributed by atoms with Crippen LogP contribution in [0.1, 0.15) is 15.9 Å². The number of ketones is 1. The summed E-state index contributed by atoms with van der Waals surface area (Å²) in [7, 11) is 0. The summed E-state index contributed by atoms with van der Waals surface area (Å²) in [6, 6.07) is 7.99. The Morgan fingerprint density at radius 3 is 2.11 bits per heavy atom. The average Bonchev–Trinajstić information content (AvgIpc) is 2.31. The van der Waals surface area contributed by atoms with Crippen LogP contribution in [-0.2, 0) is 0 Å². The third-order valence-corrected chi connectivity index (χ3v) is 3.34. The highest BCUT2D eigenvalue weighted by atomic mass is 79.9. The van der Waals surface area contributed by atoms with Crippen LogP contribution >= 0.6 is 31.9 Å². The van der Waals surface area contributed by atoms with Gasteiger partial charge in [0.1, 0.15) is 11.6 Å². The molecule has 0 atom stereocenters. The second-order valence-electron chi connectivity index (χ2n) is 3.58. The van der Waals surface area contributed by atoms with Crippen molar-refractivity contribution >= 4 is 37.6 Å². The van der Waals surface area contributed by atoms with Gasteiger partial charge >= 0.3 is 0 Å². The van der Waals surface area contributed by atoms with Crippen LogP contribution in [0.15, 0.2) is 45.3 Å². The van der Waals surface area contributed by atoms with Gasteiger partial charge in [-0.2, -0.15) is 0 Å². The number of hydrogen-bond acceptors (Lipinski definition) is 1. The van der Waals surface area contributed by atoms with E-state index in [9.17, 15) is 13.6 Å². The van der Waals surface area contributed by atoms with Crippen LogP contribution in [0.2, 0.25) is 0 Å². The highest BCUT2D eigenvalue weighted by molar-refractivity contribution is 9.10. The average molecular weight is 376 g/mol. The molecule has 0 bridgehead atoms. The third kappa shape index (κ3) is 2.67. The summed E-state index contributed by atoms with van der Waals surface area (Å²) >= 11 is 6.24. The summed E-state index contributed by atoms with van der Waals surface area (Å²) in [6.45, 7) is 0. The Balaban J connectivity index is 2.51. The van der Waals surface area contributed by atoms with Gasteiger partial charge in [-0.3, -0.25) is 4.79 Å². The van der Waals surface area contributed by atoms with E-state index in [0.717, 1.165) is 6.07 Å². The lowest BCUT2D eigenvalue weighted by Gasteiger charge is -2.05. The largest absolute Gasteiger partial charge is 0.288 e. The van der Waals surface area contributed by atoms with E-state index >= 15 is 0 Å². The van der Waals surface area contributed by atoms with Crippen LogP contribution in [0.4, 0.5) is 8.78 Å². The molecule has 2 aromatic carbocycles. The quantitative estimate of drug-likeness (QED) is 0.694. The SMILES string of the molecule is O=C(c1ccc(Br)cc1F)c1cc(Br)ccc1F. The Morgan fingerprint density at radius 2 is 1.44 bits per heavy atom. The minimum absolute atomic E-state index is 0.157. The van der Waals surface area contributed by atoms with E-state index in [4.69, 9.17) is 0 Å². The van der Waals surface area contributed by atoms with Crippen molar-refractivity contribution in [2.24, 2.45) is 0 Å². The zero-order valence-corrected chi connectivity index (χ0v) is 12.1. The molecule has 0 heterocycles. The molecule has 1 nitrogen and oxygen atoms in total. The topological polar surface area (TPSA) is 17.1 Å². The van der Waals surface area contributed by atoms with E-state index in [1.165, 1.54) is 30.3 Å². The van der Waals surface area contributed by atoms with Gasteiger partial charge in [0.2, 0.25) is 0 Å². The predicted octanol–water partition coefficient (Wildman–Crippen LogP) is 4.72. The Morgan fingerprint density at radius 1 is 0.833 bits per heavy atom. The first-order chi connectivity index (χ1) is 8.49. The number of halogens is 4. The molecule has 0 spiro atoms. The van der Waals surface area contributed by atoms with Gasteiger partial charge in [-0.25, -0.2) is 8.78 Å². The minimum atomic E-state index is -0.686. The zero-order valence-electron chi connectivity index (χ0n) is 8.88. The van der Waals surface area contributed by atoms with Crippen LogP contribution in [0.25, 0.3) is 0 Å². The Bertz CT molecular complexity index is 626. The van der Waals surface area contributed by atoms with Gasteiger partial charge < -0.3 is 0 Å². The standard InChI is InChI=1S/C13H6Br2F2O/c14-7-2-4-11(16)10(5-7)13(18)9-3-1-8(15)6-12(9)17/h1-6H. The summed E-state index contributed by atoms with van der Waals surface area (Å²) in [6.07, 6.45) is 0. The normalized spacial score (nSPS) is 10.4. The molecule has 2 aromatic rings. The molecular formula is C13H6Br2F2O. The number of hydrogen-bond donors (Lipinski definition) is 0. The van der Waals surface area contributed by atoms with E-state index in [-0.39, 0.29) is 11.1 Å². The van der Waals surface area contributed by atoms with Crippen LogP contribution in [0, 0.1) is 11.6 Å². The molecule has 18 heavy (non-hydrogen) atoms. The van der Waals surface area contributed by atoms with Crippen LogP contribution in [-0.4, -0.2) is 5.78 Å². The highest BCUT2D eigenvalue weighted by Gasteiger charge is 2.18. The molecule has 5 heteroatoms. The van der Waals surface area contributed by atoms with E-state index in [1.54, 1.807) is 0 Å². The number of rotatable bonds is 2. The van der Waals surface area contributed by atoms with E-state index in [0.29, 0.717) is 8.95 Å². The maximum atomic E-state index is 13.6. The monoisotopic (exact) mass is 374 g/mol. The number of carbonyl (C=O) groups is 1. The smallest absolute Gasteiger partial charge is 0.198 e. The first-order valence-corrected chi connectivity index (χ1v) is 6.52. The zero-order chi connectivity index (χ0) is 13.3. The first kappa shape index (κ1) is 13.4. The van der Waals surface area contributed by atoms with Crippen LogP contribution in [0.3, 0.4) is 0 Å². The Hall–Kier alpha value is -1.07. The highest BCUT2D eigenvalue weighted by Crippen LogP contribution is 2.22. The molecule has 92 valence electrons. The molecule has 0 aliphatic carbocycles. The lowest BCUT2D eigenvalue weighted by molar-refractivity contribution is 0.103. The molecule has 0 aromatic heterocycles. The predicted molar refractivity (Wildman–Crippen MR) is 71.6 cm³/mol. The molecule has 0 radical (unpaired) electrons. The summed E-state index contributed by atoms with van der Waals surface area (Å²) in [5.74, 6) is -2.04. The molecule has 0 fully saturated rings. The molecule has 0 N–H and O–H groups in total. The molecule has 0 amide bonds. The lowest BCUT2D eigenvalue weighted by atomic mass is 10.0. The van der Waals surface area contributed by atoms with E-state index in [1.807, 2.05) is 0 Å². The van der Waals surface area contributed by atoms with Crippen molar-refractivity contribution < 1.29 is 13.6 Å². The fourth-order valence-electron chi connectivity index (χ4n) is 1.49. The van der Waals surface area contributed by atoms with Gasteiger partial charge in [0.25, 0.3) is 0 Å². The molecule has 2 rings (SSSR count). The number of benzene rings is 2. The van der Waals surface area contributed by atoms with Gasteiger partial charge in [0.05, 0.1) is 11.1 Å². The molecule has 0 saturated heterocycles. The van der Waals surface area contributed by atoms with Crippen molar-refractivity contribution in [1.82, 2.24) is 0 Å². The van der Waals surface area contributed by atoms with Crippen molar-refractivity contribution in [3.63, 3.8) is 0 Å². The second-order valence-corrected chi connectivity index (χ2v) is 5.41. The van der Waals surface area contributed by atoms with E-state index < -0.39 is 17.4 Å². The second kappa shape index (κ2) is 5.28. The van der Waals surface area contributed by atoms with Crippen LogP contribution in [0.5, 0.6) is 0 Å². The molecule has 0 saturated carbocycles. The first-order valence-electron chi connectivity index (χ1n) is 4.94. The summed E-state index contributed by atoms with van der Waals surface area (Å²) in [5, 5.41) is 0. The molecule has 0 aliphatic heterocycles. The van der Waals surface area contributed by atoms with E-state index in [2.05, 4.69) is 31.9 Å². The molecule has 0 unspecified atom stereocenters. The van der Waals surface area contributed by atoms with Crippen LogP contribution < -0.4 is 0 Å². The fourth-order valence-corrected chi connectivity index (χ4v) is 2.18. The molecule has 0 aliphatic rings. The van der Waals surface area contributed by atoms with Gasteiger partial charge in [0, 0.05) is 8.95 Å². The van der Waals surface area contributed by atoms with Gasteiger partial charge in [-0.1, -0.05) is 31.9 Å². The van der Waals surface area contributed by atoms with Crippen molar-refractivity contribution in [2.75, 3.05) is 0 Å². The maximum absolute atomic E-state index is 13.6. The van der Waals surface area contributed by atoms with Crippen molar-refractivity contribution in [3.8, 4) is 0 Å². The van der Waals surface area contributed by atoms with Gasteiger partial charge in [0.15, 0.2) is 5.78 Å². The summed E-state index contributed by atoms with van der Waals surface area (Å²) in [5.41, 5.74) is -0.319. The third-order valence-electron chi connectivity index (χ3n) is 2.35. The Labute approximate surface area is 119 Å². The maximum Gasteiger partial charge on any atom is 0.198 e. The Kier molecular flexibility index (Phi) is 3.92. The van der Waals surface area contributed by atoms with Crippen molar-refractivity contribution in [2.45, 2.75) is 0 Å². The summed E-state index contributed by atoms with van der Waals surface area (Å²) in [4.78, 5) is 12.0. The van der Waals surface area contributed by atoms with Gasteiger partial charge in [-0.05, 0) is 36.4 Å². The van der Waals surface area contributed by atoms with Crippen molar-refractivity contribution in [1.29, 1.82) is 0 Å². The van der Waals surface area contributed by atoms with Crippen molar-refractivity contribution in [3.05, 3.63) is 68.1 Å².